The summed E-state index contributed by atoms with van der Waals surface area (Å²) in [5.41, 5.74) is 1.55. The molecule has 3 aromatic heterocycles. The van der Waals surface area contributed by atoms with Gasteiger partial charge in [0, 0.05) is 36.7 Å². The predicted molar refractivity (Wildman–Crippen MR) is 80.3 cm³/mol. The lowest BCUT2D eigenvalue weighted by atomic mass is 10.2. The zero-order valence-electron chi connectivity index (χ0n) is 11.3. The minimum atomic E-state index is 0.0725. The molecule has 5 nitrogen and oxygen atoms in total. The fraction of sp³-hybridized carbons (Fsp3) is 0.267. The Balaban J connectivity index is 1.66. The van der Waals surface area contributed by atoms with Gasteiger partial charge < -0.3 is 9.30 Å². The summed E-state index contributed by atoms with van der Waals surface area (Å²) in [7, 11) is 0. The molecule has 0 saturated carbocycles. The summed E-state index contributed by atoms with van der Waals surface area (Å²) in [6.07, 6.45) is 9.27. The molecular weight excluding hydrogens is 284 g/mol. The Labute approximate surface area is 125 Å². The van der Waals surface area contributed by atoms with Crippen molar-refractivity contribution in [2.24, 2.45) is 0 Å². The maximum absolute atomic E-state index is 12.8. The highest BCUT2D eigenvalue weighted by atomic mass is 32.1. The van der Waals surface area contributed by atoms with Crippen molar-refractivity contribution in [1.82, 2.24) is 19.3 Å². The number of fused-ring (bicyclic) bond motifs is 1. The summed E-state index contributed by atoms with van der Waals surface area (Å²) >= 11 is 1.62. The van der Waals surface area contributed by atoms with Crippen LogP contribution >= 0.6 is 11.3 Å². The minimum Gasteiger partial charge on any atom is -0.329 e. The lowest BCUT2D eigenvalue weighted by Gasteiger charge is -2.23. The van der Waals surface area contributed by atoms with Gasteiger partial charge in [-0.25, -0.2) is 9.97 Å². The van der Waals surface area contributed by atoms with Crippen molar-refractivity contribution in [3.05, 3.63) is 52.9 Å². The van der Waals surface area contributed by atoms with Gasteiger partial charge in [-0.15, -0.1) is 11.3 Å². The van der Waals surface area contributed by atoms with E-state index in [2.05, 4.69) is 9.97 Å². The van der Waals surface area contributed by atoms with Crippen LogP contribution in [0.5, 0.6) is 0 Å². The monoisotopic (exact) mass is 298 g/mol. The molecule has 0 bridgehead atoms. The van der Waals surface area contributed by atoms with Crippen molar-refractivity contribution >= 4 is 22.9 Å². The maximum Gasteiger partial charge on any atom is 0.255 e. The van der Waals surface area contributed by atoms with Crippen LogP contribution in [0.25, 0.3) is 5.65 Å². The summed E-state index contributed by atoms with van der Waals surface area (Å²) in [6.45, 7) is 0.797. The second kappa shape index (κ2) is 4.96. The van der Waals surface area contributed by atoms with Crippen LogP contribution in [-0.4, -0.2) is 31.7 Å². The second-order valence-corrected chi connectivity index (χ2v) is 6.06. The van der Waals surface area contributed by atoms with Gasteiger partial charge in [0.2, 0.25) is 0 Å². The van der Waals surface area contributed by atoms with Gasteiger partial charge >= 0.3 is 0 Å². The Morgan fingerprint density at radius 3 is 3.10 bits per heavy atom. The molecular formula is C15H14N4OS. The number of nitrogens with zero attached hydrogens (tertiary/aromatic N) is 4. The van der Waals surface area contributed by atoms with Gasteiger partial charge in [-0.05, 0) is 25.0 Å². The van der Waals surface area contributed by atoms with Gasteiger partial charge in [0.1, 0.15) is 10.7 Å². The highest BCUT2D eigenvalue weighted by Crippen LogP contribution is 2.34. The van der Waals surface area contributed by atoms with Crippen LogP contribution in [0.1, 0.15) is 34.2 Å². The lowest BCUT2D eigenvalue weighted by molar-refractivity contribution is 0.0735. The molecule has 0 spiro atoms. The number of pyridine rings is 1. The average Bonchev–Trinajstić information content (AvgIpc) is 3.24. The Bertz CT molecular complexity index is 780. The normalized spacial score (nSPS) is 18.5. The van der Waals surface area contributed by atoms with Crippen LogP contribution in [0.2, 0.25) is 0 Å². The number of imidazole rings is 1. The molecule has 6 heteroatoms. The summed E-state index contributed by atoms with van der Waals surface area (Å²) in [5, 5.41) is 3.00. The van der Waals surface area contributed by atoms with E-state index < -0.39 is 0 Å². The molecule has 1 aliphatic heterocycles. The molecule has 4 heterocycles. The van der Waals surface area contributed by atoms with Crippen LogP contribution in [0.4, 0.5) is 0 Å². The fourth-order valence-corrected chi connectivity index (χ4v) is 3.66. The van der Waals surface area contributed by atoms with Crippen LogP contribution in [0, 0.1) is 0 Å². The number of thiazole rings is 1. The van der Waals surface area contributed by atoms with E-state index in [4.69, 9.17) is 0 Å². The van der Waals surface area contributed by atoms with Crippen LogP contribution in [0.15, 0.2) is 42.3 Å². The van der Waals surface area contributed by atoms with Crippen LogP contribution < -0.4 is 0 Å². The van der Waals surface area contributed by atoms with Crippen LogP contribution in [0.3, 0.4) is 0 Å². The van der Waals surface area contributed by atoms with E-state index in [0.29, 0.717) is 5.56 Å². The van der Waals surface area contributed by atoms with E-state index in [-0.39, 0.29) is 11.9 Å². The van der Waals surface area contributed by atoms with E-state index in [9.17, 15) is 4.79 Å². The zero-order chi connectivity index (χ0) is 14.2. The third-order valence-corrected chi connectivity index (χ3v) is 4.76. The molecule has 1 atom stereocenters. The van der Waals surface area contributed by atoms with Crippen molar-refractivity contribution in [3.63, 3.8) is 0 Å². The van der Waals surface area contributed by atoms with Gasteiger partial charge in [-0.1, -0.05) is 0 Å². The van der Waals surface area contributed by atoms with Crippen molar-refractivity contribution < 1.29 is 4.79 Å². The summed E-state index contributed by atoms with van der Waals surface area (Å²) in [6, 6.07) is 3.85. The molecule has 1 aliphatic rings. The molecule has 0 N–H and O–H groups in total. The van der Waals surface area contributed by atoms with E-state index in [1.54, 1.807) is 23.7 Å². The van der Waals surface area contributed by atoms with E-state index in [0.717, 1.165) is 30.0 Å². The maximum atomic E-state index is 12.8. The highest BCUT2D eigenvalue weighted by molar-refractivity contribution is 7.09. The molecule has 106 valence electrons. The Morgan fingerprint density at radius 1 is 1.29 bits per heavy atom. The molecule has 1 unspecified atom stereocenters. The standard InChI is InChI=1S/C15H14N4OS/c20-15(11-3-4-13-16-5-8-18(13)10-11)19-7-1-2-12(19)14-17-6-9-21-14/h3-6,8-10,12H,1-2,7H2. The van der Waals surface area contributed by atoms with Crippen molar-refractivity contribution in [3.8, 4) is 0 Å². The summed E-state index contributed by atoms with van der Waals surface area (Å²) in [5.74, 6) is 0.0725. The second-order valence-electron chi connectivity index (χ2n) is 5.14. The minimum absolute atomic E-state index is 0.0725. The lowest BCUT2D eigenvalue weighted by Crippen LogP contribution is -2.30. The number of likely N-dealkylation sites (tertiary alicyclic amines) is 1. The number of hydrogen-bond donors (Lipinski definition) is 0. The third kappa shape index (κ3) is 2.12. The van der Waals surface area contributed by atoms with Gasteiger partial charge in [-0.2, -0.15) is 0 Å². The highest BCUT2D eigenvalue weighted by Gasteiger charge is 2.32. The molecule has 1 saturated heterocycles. The van der Waals surface area contributed by atoms with E-state index in [1.807, 2.05) is 39.2 Å². The number of hydrogen-bond acceptors (Lipinski definition) is 4. The predicted octanol–water partition coefficient (Wildman–Crippen LogP) is 2.77. The van der Waals surface area contributed by atoms with Gasteiger partial charge in [-0.3, -0.25) is 4.79 Å². The van der Waals surface area contributed by atoms with Crippen molar-refractivity contribution in [1.29, 1.82) is 0 Å². The number of rotatable bonds is 2. The number of aromatic nitrogens is 3. The van der Waals surface area contributed by atoms with Gasteiger partial charge in [0.25, 0.3) is 5.91 Å². The zero-order valence-corrected chi connectivity index (χ0v) is 12.2. The average molecular weight is 298 g/mol. The van der Waals surface area contributed by atoms with E-state index >= 15 is 0 Å². The molecule has 4 rings (SSSR count). The first-order chi connectivity index (χ1) is 10.3. The third-order valence-electron chi connectivity index (χ3n) is 3.89. The number of amides is 1. The summed E-state index contributed by atoms with van der Waals surface area (Å²) < 4.78 is 1.88. The SMILES string of the molecule is O=C(c1ccc2nccn2c1)N1CCCC1c1nccs1. The van der Waals surface area contributed by atoms with Crippen LogP contribution in [-0.2, 0) is 0 Å². The number of carbonyl (C=O) groups excluding carboxylic acids is 1. The number of carbonyl (C=O) groups is 1. The Hall–Kier alpha value is -2.21. The van der Waals surface area contributed by atoms with E-state index in [1.165, 1.54) is 0 Å². The van der Waals surface area contributed by atoms with Crippen molar-refractivity contribution in [2.45, 2.75) is 18.9 Å². The smallest absolute Gasteiger partial charge is 0.255 e. The van der Waals surface area contributed by atoms with Gasteiger partial charge in [0.05, 0.1) is 11.6 Å². The van der Waals surface area contributed by atoms with Crippen molar-refractivity contribution in [2.75, 3.05) is 6.54 Å². The Morgan fingerprint density at radius 2 is 2.24 bits per heavy atom. The molecule has 1 fully saturated rings. The molecule has 3 aromatic rings. The Kier molecular flexibility index (Phi) is 2.96. The fourth-order valence-electron chi connectivity index (χ4n) is 2.88. The molecule has 0 aromatic carbocycles. The summed E-state index contributed by atoms with van der Waals surface area (Å²) in [4.78, 5) is 23.3. The molecule has 1 amide bonds. The van der Waals surface area contributed by atoms with Gasteiger partial charge in [0.15, 0.2) is 0 Å². The first-order valence-corrected chi connectivity index (χ1v) is 7.84. The molecule has 0 aliphatic carbocycles. The quantitative estimate of drug-likeness (QED) is 0.731. The molecule has 0 radical (unpaired) electrons. The first kappa shape index (κ1) is 12.5. The molecule has 21 heavy (non-hydrogen) atoms. The largest absolute Gasteiger partial charge is 0.329 e. The topological polar surface area (TPSA) is 50.5 Å². The first-order valence-electron chi connectivity index (χ1n) is 6.96.